The number of benzene rings is 1. The van der Waals surface area contributed by atoms with Crippen LogP contribution in [0.4, 0.5) is 16.4 Å². The standard InChI is InChI=1S/C15H14ClN5O/c1-2-10-5-3-6-11(9-10)17-15(22)18-14-20-19-13-8-4-7-12(16)21(13)14/h3-9H,2H2,1H3,(H2,17,18,20,22). The van der Waals surface area contributed by atoms with E-state index in [9.17, 15) is 4.79 Å². The van der Waals surface area contributed by atoms with Gasteiger partial charge in [-0.3, -0.25) is 9.72 Å². The van der Waals surface area contributed by atoms with Crippen molar-refractivity contribution >= 4 is 34.9 Å². The first-order chi connectivity index (χ1) is 10.7. The van der Waals surface area contributed by atoms with E-state index in [2.05, 4.69) is 27.8 Å². The van der Waals surface area contributed by atoms with Gasteiger partial charge in [0.15, 0.2) is 5.65 Å². The molecular formula is C15H14ClN5O. The van der Waals surface area contributed by atoms with Crippen LogP contribution in [0.5, 0.6) is 0 Å². The Morgan fingerprint density at radius 1 is 1.18 bits per heavy atom. The highest BCUT2D eigenvalue weighted by molar-refractivity contribution is 6.30. The predicted octanol–water partition coefficient (Wildman–Crippen LogP) is 3.59. The van der Waals surface area contributed by atoms with Crippen LogP contribution >= 0.6 is 11.6 Å². The minimum absolute atomic E-state index is 0.268. The molecule has 3 aromatic rings. The normalized spacial score (nSPS) is 10.6. The van der Waals surface area contributed by atoms with E-state index in [1.54, 1.807) is 22.6 Å². The molecule has 1 aromatic carbocycles. The van der Waals surface area contributed by atoms with Crippen molar-refractivity contribution in [3.05, 3.63) is 53.2 Å². The molecule has 112 valence electrons. The second-order valence-electron chi connectivity index (χ2n) is 4.70. The Balaban J connectivity index is 1.78. The van der Waals surface area contributed by atoms with E-state index in [1.807, 2.05) is 24.3 Å². The Hall–Kier alpha value is -2.60. The number of nitrogens with one attached hydrogen (secondary N) is 2. The van der Waals surface area contributed by atoms with Crippen molar-refractivity contribution < 1.29 is 4.79 Å². The molecule has 0 fully saturated rings. The summed E-state index contributed by atoms with van der Waals surface area (Å²) in [6.07, 6.45) is 0.904. The number of hydrogen-bond donors (Lipinski definition) is 2. The molecule has 2 heterocycles. The summed E-state index contributed by atoms with van der Waals surface area (Å²) in [4.78, 5) is 12.1. The molecule has 0 saturated heterocycles. The lowest BCUT2D eigenvalue weighted by Gasteiger charge is -2.08. The van der Waals surface area contributed by atoms with Crippen LogP contribution in [-0.4, -0.2) is 20.6 Å². The number of amides is 2. The van der Waals surface area contributed by atoms with Crippen LogP contribution in [0.2, 0.25) is 5.15 Å². The van der Waals surface area contributed by atoms with E-state index >= 15 is 0 Å². The van der Waals surface area contributed by atoms with Gasteiger partial charge in [-0.1, -0.05) is 36.7 Å². The van der Waals surface area contributed by atoms with Gasteiger partial charge in [0.05, 0.1) is 0 Å². The van der Waals surface area contributed by atoms with Gasteiger partial charge >= 0.3 is 6.03 Å². The van der Waals surface area contributed by atoms with E-state index in [1.165, 1.54) is 0 Å². The van der Waals surface area contributed by atoms with E-state index < -0.39 is 6.03 Å². The first kappa shape index (κ1) is 14.3. The number of rotatable bonds is 3. The predicted molar refractivity (Wildman–Crippen MR) is 86.5 cm³/mol. The van der Waals surface area contributed by atoms with Crippen LogP contribution in [-0.2, 0) is 6.42 Å². The van der Waals surface area contributed by atoms with Crippen LogP contribution in [0.3, 0.4) is 0 Å². The number of hydrogen-bond acceptors (Lipinski definition) is 3. The quantitative estimate of drug-likeness (QED) is 0.726. The van der Waals surface area contributed by atoms with Gasteiger partial charge < -0.3 is 5.32 Å². The maximum Gasteiger partial charge on any atom is 0.326 e. The van der Waals surface area contributed by atoms with Crippen LogP contribution in [0.1, 0.15) is 12.5 Å². The number of carbonyl (C=O) groups excluding carboxylic acids is 1. The molecule has 0 saturated carbocycles. The number of nitrogens with zero attached hydrogens (tertiary/aromatic N) is 3. The summed E-state index contributed by atoms with van der Waals surface area (Å²) in [5.74, 6) is 0.268. The monoisotopic (exact) mass is 315 g/mol. The van der Waals surface area contributed by atoms with Gasteiger partial charge in [0.1, 0.15) is 5.15 Å². The number of halogens is 1. The third kappa shape index (κ3) is 2.87. The lowest BCUT2D eigenvalue weighted by Crippen LogP contribution is -2.21. The Morgan fingerprint density at radius 2 is 2.00 bits per heavy atom. The molecule has 0 atom stereocenters. The maximum atomic E-state index is 12.1. The van der Waals surface area contributed by atoms with Crippen molar-refractivity contribution in [2.24, 2.45) is 0 Å². The molecule has 0 bridgehead atoms. The van der Waals surface area contributed by atoms with Gasteiger partial charge in [-0.05, 0) is 36.2 Å². The van der Waals surface area contributed by atoms with E-state index in [0.717, 1.165) is 17.7 Å². The number of anilines is 2. The van der Waals surface area contributed by atoms with Gasteiger partial charge in [0.25, 0.3) is 0 Å². The minimum Gasteiger partial charge on any atom is -0.308 e. The zero-order chi connectivity index (χ0) is 15.5. The summed E-state index contributed by atoms with van der Waals surface area (Å²) in [6.45, 7) is 2.06. The molecule has 22 heavy (non-hydrogen) atoms. The van der Waals surface area contributed by atoms with Crippen molar-refractivity contribution in [3.8, 4) is 0 Å². The number of aromatic nitrogens is 3. The maximum absolute atomic E-state index is 12.1. The fourth-order valence-corrected chi connectivity index (χ4v) is 2.36. The Bertz CT molecular complexity index is 830. The largest absolute Gasteiger partial charge is 0.326 e. The fraction of sp³-hybridized carbons (Fsp3) is 0.133. The molecule has 2 amide bonds. The topological polar surface area (TPSA) is 71.3 Å². The smallest absolute Gasteiger partial charge is 0.308 e. The average molecular weight is 316 g/mol. The van der Waals surface area contributed by atoms with Crippen molar-refractivity contribution in [1.82, 2.24) is 14.6 Å². The average Bonchev–Trinajstić information content (AvgIpc) is 2.91. The molecule has 0 aliphatic rings. The minimum atomic E-state index is -0.400. The molecule has 0 radical (unpaired) electrons. The number of pyridine rings is 1. The summed E-state index contributed by atoms with van der Waals surface area (Å²) in [6, 6.07) is 12.5. The second kappa shape index (κ2) is 6.03. The van der Waals surface area contributed by atoms with Crippen molar-refractivity contribution in [1.29, 1.82) is 0 Å². The molecule has 7 heteroatoms. The summed E-state index contributed by atoms with van der Waals surface area (Å²) in [5.41, 5.74) is 2.43. The highest BCUT2D eigenvalue weighted by atomic mass is 35.5. The highest BCUT2D eigenvalue weighted by Gasteiger charge is 2.11. The zero-order valence-corrected chi connectivity index (χ0v) is 12.6. The van der Waals surface area contributed by atoms with Crippen LogP contribution < -0.4 is 10.6 Å². The molecular weight excluding hydrogens is 302 g/mol. The van der Waals surface area contributed by atoms with Crippen LogP contribution in [0, 0.1) is 0 Å². The summed E-state index contributed by atoms with van der Waals surface area (Å²) >= 11 is 6.10. The van der Waals surface area contributed by atoms with Gasteiger partial charge in [0.2, 0.25) is 5.95 Å². The number of fused-ring (bicyclic) bond motifs is 1. The Kier molecular flexibility index (Phi) is 3.93. The van der Waals surface area contributed by atoms with E-state index in [-0.39, 0.29) is 5.95 Å². The first-order valence-corrected chi connectivity index (χ1v) is 7.22. The number of carbonyl (C=O) groups is 1. The van der Waals surface area contributed by atoms with Gasteiger partial charge in [0, 0.05) is 5.69 Å². The SMILES string of the molecule is CCc1cccc(NC(=O)Nc2nnc3cccc(Cl)n23)c1. The molecule has 3 rings (SSSR count). The molecule has 6 nitrogen and oxygen atoms in total. The van der Waals surface area contributed by atoms with Crippen molar-refractivity contribution in [2.45, 2.75) is 13.3 Å². The Labute approximate surface area is 132 Å². The first-order valence-electron chi connectivity index (χ1n) is 6.84. The lowest BCUT2D eigenvalue weighted by atomic mass is 10.1. The highest BCUT2D eigenvalue weighted by Crippen LogP contribution is 2.17. The fourth-order valence-electron chi connectivity index (χ4n) is 2.12. The molecule has 2 aromatic heterocycles. The molecule has 0 spiro atoms. The third-order valence-electron chi connectivity index (χ3n) is 3.20. The zero-order valence-electron chi connectivity index (χ0n) is 11.9. The Morgan fingerprint density at radius 3 is 2.82 bits per heavy atom. The van der Waals surface area contributed by atoms with Crippen LogP contribution in [0.15, 0.2) is 42.5 Å². The molecule has 0 unspecified atom stereocenters. The van der Waals surface area contributed by atoms with Gasteiger partial charge in [-0.25, -0.2) is 4.79 Å². The lowest BCUT2D eigenvalue weighted by molar-refractivity contribution is 0.262. The number of aryl methyl sites for hydroxylation is 1. The molecule has 0 aliphatic heterocycles. The van der Waals surface area contributed by atoms with Gasteiger partial charge in [-0.15, -0.1) is 10.2 Å². The number of urea groups is 1. The second-order valence-corrected chi connectivity index (χ2v) is 5.09. The van der Waals surface area contributed by atoms with Crippen molar-refractivity contribution in [2.75, 3.05) is 10.6 Å². The summed E-state index contributed by atoms with van der Waals surface area (Å²) in [5, 5.41) is 13.7. The van der Waals surface area contributed by atoms with Crippen LogP contribution in [0.25, 0.3) is 5.65 Å². The summed E-state index contributed by atoms with van der Waals surface area (Å²) in [7, 11) is 0. The van der Waals surface area contributed by atoms with E-state index in [4.69, 9.17) is 11.6 Å². The molecule has 2 N–H and O–H groups in total. The molecule has 0 aliphatic carbocycles. The third-order valence-corrected chi connectivity index (χ3v) is 3.49. The van der Waals surface area contributed by atoms with Gasteiger partial charge in [-0.2, -0.15) is 0 Å². The van der Waals surface area contributed by atoms with E-state index in [0.29, 0.717) is 10.8 Å². The van der Waals surface area contributed by atoms with Crippen molar-refractivity contribution in [3.63, 3.8) is 0 Å². The summed E-state index contributed by atoms with van der Waals surface area (Å²) < 4.78 is 1.56.